The molecule has 120 valence electrons. The van der Waals surface area contributed by atoms with Gasteiger partial charge in [0.2, 0.25) is 5.91 Å². The van der Waals surface area contributed by atoms with Crippen LogP contribution in [0.15, 0.2) is 48.5 Å². The Morgan fingerprint density at radius 1 is 1.09 bits per heavy atom. The molecule has 0 spiro atoms. The van der Waals surface area contributed by atoms with Gasteiger partial charge in [0.05, 0.1) is 5.75 Å². The lowest BCUT2D eigenvalue weighted by Crippen LogP contribution is -2.34. The van der Waals surface area contributed by atoms with E-state index in [0.29, 0.717) is 12.1 Å². The van der Waals surface area contributed by atoms with Crippen LogP contribution in [0.25, 0.3) is 0 Å². The molecule has 0 saturated heterocycles. The first-order chi connectivity index (χ1) is 10.9. The minimum Gasteiger partial charge on any atom is -0.311 e. The summed E-state index contributed by atoms with van der Waals surface area (Å²) in [7, 11) is -3.48. The summed E-state index contributed by atoms with van der Waals surface area (Å²) >= 11 is 0. The topological polar surface area (TPSA) is 54.5 Å². The SMILES string of the molecule is Cc1ccc(CS(=O)(=O)CC(=O)N2CCc3ccccc32)cc1. The van der Waals surface area contributed by atoms with E-state index in [1.807, 2.05) is 43.3 Å². The fourth-order valence-corrected chi connectivity index (χ4v) is 4.19. The van der Waals surface area contributed by atoms with Gasteiger partial charge in [-0.3, -0.25) is 4.79 Å². The lowest BCUT2D eigenvalue weighted by Gasteiger charge is -2.17. The Bertz CT molecular complexity index is 826. The predicted octanol–water partition coefficient (Wildman–Crippen LogP) is 2.50. The molecule has 1 aliphatic heterocycles. The van der Waals surface area contributed by atoms with Crippen LogP contribution in [0.1, 0.15) is 16.7 Å². The van der Waals surface area contributed by atoms with Crippen molar-refractivity contribution in [2.45, 2.75) is 19.1 Å². The van der Waals surface area contributed by atoms with Gasteiger partial charge in [-0.25, -0.2) is 8.42 Å². The quantitative estimate of drug-likeness (QED) is 0.866. The number of carbonyl (C=O) groups excluding carboxylic acids is 1. The molecule has 1 amide bonds. The van der Waals surface area contributed by atoms with E-state index in [0.717, 1.165) is 23.2 Å². The van der Waals surface area contributed by atoms with Gasteiger partial charge in [0.25, 0.3) is 0 Å². The lowest BCUT2D eigenvalue weighted by atomic mass is 10.2. The van der Waals surface area contributed by atoms with Crippen molar-refractivity contribution < 1.29 is 13.2 Å². The molecule has 0 aliphatic carbocycles. The number of benzene rings is 2. The maximum atomic E-state index is 12.4. The largest absolute Gasteiger partial charge is 0.311 e. The van der Waals surface area contributed by atoms with Crippen LogP contribution >= 0.6 is 0 Å². The van der Waals surface area contributed by atoms with Crippen molar-refractivity contribution in [3.8, 4) is 0 Å². The third-order valence-corrected chi connectivity index (χ3v) is 5.50. The Kier molecular flexibility index (Phi) is 4.22. The number of hydrogen-bond donors (Lipinski definition) is 0. The fraction of sp³-hybridized carbons (Fsp3) is 0.278. The summed E-state index contributed by atoms with van der Waals surface area (Å²) in [5.41, 5.74) is 3.72. The molecule has 0 bridgehead atoms. The van der Waals surface area contributed by atoms with E-state index in [4.69, 9.17) is 0 Å². The lowest BCUT2D eigenvalue weighted by molar-refractivity contribution is -0.116. The fourth-order valence-electron chi connectivity index (χ4n) is 2.85. The number of para-hydroxylation sites is 1. The van der Waals surface area contributed by atoms with Gasteiger partial charge in [0.1, 0.15) is 5.75 Å². The first kappa shape index (κ1) is 15.7. The zero-order valence-electron chi connectivity index (χ0n) is 13.0. The molecule has 2 aromatic carbocycles. The Morgan fingerprint density at radius 3 is 2.52 bits per heavy atom. The van der Waals surface area contributed by atoms with Gasteiger partial charge in [-0.2, -0.15) is 0 Å². The molecule has 0 aromatic heterocycles. The first-order valence-corrected chi connectivity index (χ1v) is 9.41. The molecule has 1 heterocycles. The number of carbonyl (C=O) groups is 1. The van der Waals surface area contributed by atoms with Crippen molar-refractivity contribution in [2.75, 3.05) is 17.2 Å². The normalized spacial score (nSPS) is 13.9. The Labute approximate surface area is 136 Å². The molecule has 0 unspecified atom stereocenters. The zero-order valence-corrected chi connectivity index (χ0v) is 13.8. The summed E-state index contributed by atoms with van der Waals surface area (Å²) in [4.78, 5) is 14.0. The maximum Gasteiger partial charge on any atom is 0.242 e. The molecule has 5 heteroatoms. The van der Waals surface area contributed by atoms with Crippen LogP contribution in [0.2, 0.25) is 0 Å². The summed E-state index contributed by atoms with van der Waals surface area (Å²) in [5, 5.41) is 0. The second-order valence-electron chi connectivity index (χ2n) is 5.94. The van der Waals surface area contributed by atoms with Gasteiger partial charge in [0.15, 0.2) is 9.84 Å². The molecule has 23 heavy (non-hydrogen) atoms. The van der Waals surface area contributed by atoms with Gasteiger partial charge in [0, 0.05) is 12.2 Å². The highest BCUT2D eigenvalue weighted by Gasteiger charge is 2.27. The molecule has 0 fully saturated rings. The van der Waals surface area contributed by atoms with Gasteiger partial charge < -0.3 is 4.90 Å². The highest BCUT2D eigenvalue weighted by molar-refractivity contribution is 7.91. The van der Waals surface area contributed by atoms with E-state index in [-0.39, 0.29) is 11.7 Å². The second-order valence-corrected chi connectivity index (χ2v) is 8.01. The number of nitrogens with zero attached hydrogens (tertiary/aromatic N) is 1. The predicted molar refractivity (Wildman–Crippen MR) is 91.2 cm³/mol. The van der Waals surface area contributed by atoms with E-state index < -0.39 is 15.6 Å². The average Bonchev–Trinajstić information content (AvgIpc) is 2.93. The van der Waals surface area contributed by atoms with E-state index in [2.05, 4.69) is 0 Å². The molecule has 2 aromatic rings. The van der Waals surface area contributed by atoms with E-state index in [1.54, 1.807) is 17.0 Å². The van der Waals surface area contributed by atoms with Gasteiger partial charge in [-0.15, -0.1) is 0 Å². The van der Waals surface area contributed by atoms with Crippen molar-refractivity contribution in [3.05, 3.63) is 65.2 Å². The number of sulfone groups is 1. The number of amides is 1. The van der Waals surface area contributed by atoms with Crippen molar-refractivity contribution >= 4 is 21.4 Å². The summed E-state index contributed by atoms with van der Waals surface area (Å²) < 4.78 is 24.6. The molecule has 0 atom stereocenters. The van der Waals surface area contributed by atoms with Crippen LogP contribution in [-0.4, -0.2) is 26.6 Å². The van der Waals surface area contributed by atoms with E-state index in [1.165, 1.54) is 0 Å². The van der Waals surface area contributed by atoms with Gasteiger partial charge >= 0.3 is 0 Å². The highest BCUT2D eigenvalue weighted by Crippen LogP contribution is 2.27. The highest BCUT2D eigenvalue weighted by atomic mass is 32.2. The van der Waals surface area contributed by atoms with Crippen LogP contribution < -0.4 is 4.90 Å². The van der Waals surface area contributed by atoms with Crippen LogP contribution in [-0.2, 0) is 26.8 Å². The summed E-state index contributed by atoms with van der Waals surface area (Å²) in [6, 6.07) is 15.0. The van der Waals surface area contributed by atoms with Gasteiger partial charge in [-0.1, -0.05) is 48.0 Å². The van der Waals surface area contributed by atoms with Gasteiger partial charge in [-0.05, 0) is 30.5 Å². The van der Waals surface area contributed by atoms with Crippen molar-refractivity contribution in [3.63, 3.8) is 0 Å². The number of hydrogen-bond acceptors (Lipinski definition) is 3. The number of rotatable bonds is 4. The maximum absolute atomic E-state index is 12.4. The number of aryl methyl sites for hydroxylation is 1. The zero-order chi connectivity index (χ0) is 16.4. The Hall–Kier alpha value is -2.14. The van der Waals surface area contributed by atoms with Crippen LogP contribution in [0, 0.1) is 6.92 Å². The average molecular weight is 329 g/mol. The third kappa shape index (κ3) is 3.62. The second kappa shape index (κ2) is 6.16. The van der Waals surface area contributed by atoms with Crippen molar-refractivity contribution in [2.24, 2.45) is 0 Å². The Morgan fingerprint density at radius 2 is 1.78 bits per heavy atom. The first-order valence-electron chi connectivity index (χ1n) is 7.59. The third-order valence-electron chi connectivity index (χ3n) is 4.04. The van der Waals surface area contributed by atoms with Crippen LogP contribution in [0.4, 0.5) is 5.69 Å². The minimum atomic E-state index is -3.48. The summed E-state index contributed by atoms with van der Waals surface area (Å²) in [6.07, 6.45) is 0.778. The molecule has 1 aliphatic rings. The van der Waals surface area contributed by atoms with E-state index >= 15 is 0 Å². The van der Waals surface area contributed by atoms with Crippen molar-refractivity contribution in [1.29, 1.82) is 0 Å². The van der Waals surface area contributed by atoms with Crippen molar-refractivity contribution in [1.82, 2.24) is 0 Å². The molecule has 0 N–H and O–H groups in total. The standard InChI is InChI=1S/C18H19NO3S/c1-14-6-8-15(9-7-14)12-23(21,22)13-18(20)19-11-10-16-4-2-3-5-17(16)19/h2-9H,10-13H2,1H3. The monoisotopic (exact) mass is 329 g/mol. The van der Waals surface area contributed by atoms with E-state index in [9.17, 15) is 13.2 Å². The molecule has 4 nitrogen and oxygen atoms in total. The summed E-state index contributed by atoms with van der Waals surface area (Å²) in [5.74, 6) is -0.897. The minimum absolute atomic E-state index is 0.103. The molecule has 0 saturated carbocycles. The smallest absolute Gasteiger partial charge is 0.242 e. The number of anilines is 1. The molecule has 0 radical (unpaired) electrons. The summed E-state index contributed by atoms with van der Waals surface area (Å²) in [6.45, 7) is 2.50. The molecular weight excluding hydrogens is 310 g/mol. The van der Waals surface area contributed by atoms with Crippen LogP contribution in [0.3, 0.4) is 0 Å². The molecule has 3 rings (SSSR count). The number of fused-ring (bicyclic) bond motifs is 1. The molecular formula is C18H19NO3S. The Balaban J connectivity index is 1.71. The van der Waals surface area contributed by atoms with Crippen LogP contribution in [0.5, 0.6) is 0 Å².